The Bertz CT molecular complexity index is 1060. The van der Waals surface area contributed by atoms with Crippen molar-refractivity contribution in [2.45, 2.75) is 91.7 Å². The summed E-state index contributed by atoms with van der Waals surface area (Å²) >= 11 is 7.94. The molecule has 0 spiro atoms. The first-order chi connectivity index (χ1) is 21.1. The molecule has 0 aromatic heterocycles. The van der Waals surface area contributed by atoms with E-state index in [2.05, 4.69) is 52.8 Å². The number of carbonyl (C=O) groups excluding carboxylic acids is 3. The highest BCUT2D eigenvalue weighted by molar-refractivity contribution is 8.34. The van der Waals surface area contributed by atoms with Crippen molar-refractivity contribution in [3.05, 3.63) is 35.4 Å². The van der Waals surface area contributed by atoms with Crippen molar-refractivity contribution in [2.24, 2.45) is 0 Å². The van der Waals surface area contributed by atoms with Crippen LogP contribution in [0.3, 0.4) is 0 Å². The van der Waals surface area contributed by atoms with Crippen molar-refractivity contribution in [1.82, 2.24) is 10.6 Å². The van der Waals surface area contributed by atoms with Crippen LogP contribution in [-0.2, 0) is 9.53 Å². The summed E-state index contributed by atoms with van der Waals surface area (Å²) in [6.07, 6.45) is -1.17. The van der Waals surface area contributed by atoms with Crippen molar-refractivity contribution in [1.29, 1.82) is 0 Å². The van der Waals surface area contributed by atoms with Crippen LogP contribution in [0.4, 0.5) is 0 Å². The molecule has 2 fully saturated rings. The molecule has 2 amide bonds. The molecule has 1 aromatic carbocycles. The summed E-state index contributed by atoms with van der Waals surface area (Å²) < 4.78 is 5.33. The van der Waals surface area contributed by atoms with Crippen molar-refractivity contribution in [3.63, 3.8) is 0 Å². The van der Waals surface area contributed by atoms with E-state index in [0.717, 1.165) is 30.8 Å². The molecule has 3 rings (SSSR count). The largest absolute Gasteiger partial charge is 0.394 e. The van der Waals surface area contributed by atoms with Crippen LogP contribution in [0.1, 0.15) is 73.1 Å². The third-order valence-corrected chi connectivity index (χ3v) is 14.7. The number of ketones is 1. The van der Waals surface area contributed by atoms with E-state index in [0.29, 0.717) is 21.0 Å². The molecule has 44 heavy (non-hydrogen) atoms. The summed E-state index contributed by atoms with van der Waals surface area (Å²) in [5.74, 6) is 3.76. The lowest BCUT2D eigenvalue weighted by Crippen LogP contribution is -2.64. The van der Waals surface area contributed by atoms with E-state index in [1.165, 1.54) is 17.9 Å². The number of thioether (sulfide) groups is 4. The third-order valence-electron chi connectivity index (χ3n) is 7.48. The highest BCUT2D eigenvalue weighted by Crippen LogP contribution is 2.52. The highest BCUT2D eigenvalue weighted by Gasteiger charge is 2.44. The number of rotatable bonds is 17. The minimum absolute atomic E-state index is 0.00462. The Hall–Kier alpha value is -0.970. The van der Waals surface area contributed by atoms with Gasteiger partial charge in [-0.15, -0.1) is 35.3 Å². The van der Waals surface area contributed by atoms with Gasteiger partial charge in [0.2, 0.25) is 5.91 Å². The van der Waals surface area contributed by atoms with Crippen LogP contribution < -0.4 is 10.6 Å². The number of aliphatic hydroxyl groups excluding tert-OH is 4. The van der Waals surface area contributed by atoms with Gasteiger partial charge in [0.25, 0.3) is 5.91 Å². The zero-order valence-electron chi connectivity index (χ0n) is 25.3. The molecule has 0 radical (unpaired) electrons. The average Bonchev–Trinajstić information content (AvgIpc) is 3.04. The molecule has 2 aliphatic rings. The van der Waals surface area contributed by atoms with Gasteiger partial charge in [-0.1, -0.05) is 26.0 Å². The number of nitrogens with one attached hydrogen (secondary N) is 2. The fraction of sp³-hybridized carbons (Fsp3) is 0.700. The lowest BCUT2D eigenvalue weighted by Gasteiger charge is -2.40. The van der Waals surface area contributed by atoms with E-state index >= 15 is 0 Å². The van der Waals surface area contributed by atoms with Gasteiger partial charge < -0.3 is 35.8 Å². The highest BCUT2D eigenvalue weighted by atomic mass is 32.3. The Balaban J connectivity index is 1.36. The molecule has 6 N–H and O–H groups in total. The van der Waals surface area contributed by atoms with Gasteiger partial charge in [0.05, 0.1) is 11.9 Å². The van der Waals surface area contributed by atoms with E-state index in [-0.39, 0.29) is 29.9 Å². The predicted molar refractivity (Wildman–Crippen MR) is 180 cm³/mol. The number of hydrogen-bond acceptors (Lipinski definition) is 12. The second kappa shape index (κ2) is 19.0. The van der Waals surface area contributed by atoms with Crippen molar-refractivity contribution in [3.8, 4) is 0 Å². The summed E-state index contributed by atoms with van der Waals surface area (Å²) in [7, 11) is 0. The van der Waals surface area contributed by atoms with Gasteiger partial charge in [-0.2, -0.15) is 11.8 Å². The van der Waals surface area contributed by atoms with Gasteiger partial charge in [-0.3, -0.25) is 14.4 Å². The Kier molecular flexibility index (Phi) is 16.2. The van der Waals surface area contributed by atoms with Crippen LogP contribution in [0.5, 0.6) is 0 Å². The Morgan fingerprint density at radius 1 is 1.02 bits per heavy atom. The van der Waals surface area contributed by atoms with Gasteiger partial charge in [-0.25, -0.2) is 0 Å². The average molecular weight is 691 g/mol. The molecule has 6 atom stereocenters. The van der Waals surface area contributed by atoms with E-state index in [9.17, 15) is 29.7 Å². The van der Waals surface area contributed by atoms with E-state index < -0.39 is 43.2 Å². The molecule has 1 aromatic rings. The SMILES string of the molecule is CCC(SCCCSC1(CC)SCCCS1)C(=O)c1ccc(C(=O)NCCCC(=O)N[C@@H]2C(O)O[C@@H](CO)[C@H](O)[C@H]2O)cc1. The Labute approximate surface area is 277 Å². The molecule has 0 aliphatic carbocycles. The number of Topliss-reactive ketones (excluding diaryl/α,β-unsaturated/α-hetero) is 1. The smallest absolute Gasteiger partial charge is 0.251 e. The van der Waals surface area contributed by atoms with Crippen molar-refractivity contribution >= 4 is 64.6 Å². The van der Waals surface area contributed by atoms with E-state index in [1.807, 2.05) is 6.92 Å². The molecular formula is C30H46N2O8S4. The first-order valence-electron chi connectivity index (χ1n) is 15.2. The van der Waals surface area contributed by atoms with Gasteiger partial charge in [-0.05, 0) is 67.2 Å². The Morgan fingerprint density at radius 3 is 2.34 bits per heavy atom. The third kappa shape index (κ3) is 10.8. The number of carbonyl (C=O) groups is 3. The minimum atomic E-state index is -1.59. The maximum atomic E-state index is 13.1. The second-order valence-electron chi connectivity index (χ2n) is 10.7. The van der Waals surface area contributed by atoms with Crippen molar-refractivity contribution < 1.29 is 39.5 Å². The minimum Gasteiger partial charge on any atom is -0.394 e. The van der Waals surface area contributed by atoms with Crippen LogP contribution in [0, 0.1) is 0 Å². The second-order valence-corrected chi connectivity index (χ2v) is 16.9. The molecular weight excluding hydrogens is 645 g/mol. The van der Waals surface area contributed by atoms with Crippen LogP contribution in [0.25, 0.3) is 0 Å². The maximum absolute atomic E-state index is 13.1. The number of hydrogen-bond donors (Lipinski definition) is 6. The quantitative estimate of drug-likeness (QED) is 0.105. The summed E-state index contributed by atoms with van der Waals surface area (Å²) in [5, 5.41) is 44.3. The summed E-state index contributed by atoms with van der Waals surface area (Å²) in [5.41, 5.74) is 0.989. The van der Waals surface area contributed by atoms with Crippen molar-refractivity contribution in [2.75, 3.05) is 36.2 Å². The number of amides is 2. The number of ether oxygens (including phenoxy) is 1. The van der Waals surface area contributed by atoms with E-state index in [1.54, 1.807) is 36.0 Å². The lowest BCUT2D eigenvalue weighted by atomic mass is 9.97. The maximum Gasteiger partial charge on any atom is 0.251 e. The zero-order chi connectivity index (χ0) is 32.1. The molecule has 2 aliphatic heterocycles. The van der Waals surface area contributed by atoms with Crippen LogP contribution >= 0.6 is 47.0 Å². The summed E-state index contributed by atoms with van der Waals surface area (Å²) in [4.78, 5) is 38.0. The molecule has 2 saturated heterocycles. The first-order valence-corrected chi connectivity index (χ1v) is 19.2. The fourth-order valence-electron chi connectivity index (χ4n) is 4.87. The number of benzene rings is 1. The molecule has 2 heterocycles. The van der Waals surface area contributed by atoms with Gasteiger partial charge in [0.1, 0.15) is 27.8 Å². The molecule has 0 saturated carbocycles. The van der Waals surface area contributed by atoms with Gasteiger partial charge in [0, 0.05) is 24.1 Å². The molecule has 2 unspecified atom stereocenters. The molecule has 14 heteroatoms. The van der Waals surface area contributed by atoms with E-state index in [4.69, 9.17) is 9.84 Å². The standard InChI is InChI=1S/C30H46N2O8S4/c1-3-22(41-14-6-15-42-30(4-2)43-16-7-17-44-30)25(35)19-9-11-20(12-10-19)28(38)31-13-5-8-23(34)32-24-27(37)26(36)21(18-33)40-29(24)39/h9-12,21-22,24,26-27,29,33,36-37,39H,3-8,13-18H2,1-2H3,(H,31,38)(H,32,34)/t21-,22?,24-,26-,27-,29?/m0/s1. The van der Waals surface area contributed by atoms with Crippen LogP contribution in [0.2, 0.25) is 0 Å². The summed E-state index contributed by atoms with van der Waals surface area (Å²) in [6.45, 7) is 3.91. The molecule has 10 nitrogen and oxygen atoms in total. The summed E-state index contributed by atoms with van der Waals surface area (Å²) in [6, 6.07) is 5.38. The van der Waals surface area contributed by atoms with Crippen LogP contribution in [0.15, 0.2) is 24.3 Å². The first kappa shape index (κ1) is 37.5. The van der Waals surface area contributed by atoms with Gasteiger partial charge in [0.15, 0.2) is 12.1 Å². The zero-order valence-corrected chi connectivity index (χ0v) is 28.6. The van der Waals surface area contributed by atoms with Crippen LogP contribution in [-0.4, -0.2) is 113 Å². The lowest BCUT2D eigenvalue weighted by molar-refractivity contribution is -0.253. The number of aliphatic hydroxyl groups is 4. The normalized spacial score (nSPS) is 25.6. The topological polar surface area (TPSA) is 165 Å². The monoisotopic (exact) mass is 690 g/mol. The molecule has 248 valence electrons. The Morgan fingerprint density at radius 2 is 1.70 bits per heavy atom. The fourth-order valence-corrected chi connectivity index (χ4v) is 11.3. The van der Waals surface area contributed by atoms with Gasteiger partial charge >= 0.3 is 0 Å². The predicted octanol–water partition coefficient (Wildman–Crippen LogP) is 2.86. The molecule has 0 bridgehead atoms.